The van der Waals surface area contributed by atoms with E-state index < -0.39 is 0 Å². The van der Waals surface area contributed by atoms with Crippen molar-refractivity contribution in [1.29, 1.82) is 0 Å². The van der Waals surface area contributed by atoms with Crippen molar-refractivity contribution in [2.75, 3.05) is 0 Å². The maximum Gasteiger partial charge on any atom is 0.0999 e. The van der Waals surface area contributed by atoms with Crippen LogP contribution in [0.1, 0.15) is 46.0 Å². The summed E-state index contributed by atoms with van der Waals surface area (Å²) in [6.07, 6.45) is 11.1. The van der Waals surface area contributed by atoms with E-state index in [1.165, 1.54) is 5.57 Å². The average Bonchev–Trinajstić information content (AvgIpc) is 2.33. The molecule has 0 bridgehead atoms. The van der Waals surface area contributed by atoms with Gasteiger partial charge in [-0.1, -0.05) is 30.7 Å². The van der Waals surface area contributed by atoms with Crippen LogP contribution in [0.4, 0.5) is 0 Å². The fourth-order valence-electron chi connectivity index (χ4n) is 2.46. The van der Waals surface area contributed by atoms with Crippen LogP contribution in [0.25, 0.3) is 0 Å². The molecule has 0 aromatic carbocycles. The Kier molecular flexibility index (Phi) is 4.37. The van der Waals surface area contributed by atoms with E-state index in [-0.39, 0.29) is 12.1 Å². The lowest BCUT2D eigenvalue weighted by molar-refractivity contribution is -0.179. The molecule has 2 aliphatic carbocycles. The highest BCUT2D eigenvalue weighted by Crippen LogP contribution is 2.27. The Balaban J connectivity index is 1.77. The third kappa shape index (κ3) is 3.66. The molecule has 1 unspecified atom stereocenters. The van der Waals surface area contributed by atoms with Crippen molar-refractivity contribution in [3.63, 3.8) is 0 Å². The smallest absolute Gasteiger partial charge is 0.0999 e. The minimum atomic E-state index is -0.0736. The zero-order valence-corrected chi connectivity index (χ0v) is 10.8. The number of nitrogens with zero attached hydrogens (tertiary/aromatic N) is 1. The van der Waals surface area contributed by atoms with Crippen LogP contribution in [0.2, 0.25) is 0 Å². The quantitative estimate of drug-likeness (QED) is 0.703. The monoisotopic (exact) mass is 236 g/mol. The molecule has 0 N–H and O–H groups in total. The summed E-state index contributed by atoms with van der Waals surface area (Å²) in [6, 6.07) is 0.0617. The molecule has 0 spiro atoms. The summed E-state index contributed by atoms with van der Waals surface area (Å²) in [4.78, 5) is 5.46. The minimum Gasteiger partial charge on any atom is -0.762 e. The second-order valence-electron chi connectivity index (χ2n) is 5.39. The summed E-state index contributed by atoms with van der Waals surface area (Å²) < 4.78 is 0. The number of rotatable bonds is 3. The molecular weight excluding hydrogens is 214 g/mol. The maximum atomic E-state index is 11.9. The molecule has 0 saturated heterocycles. The Bertz CT molecular complexity index is 303. The van der Waals surface area contributed by atoms with Crippen LogP contribution in [-0.2, 0) is 4.84 Å². The van der Waals surface area contributed by atoms with E-state index >= 15 is 0 Å². The predicted molar refractivity (Wildman–Crippen MR) is 69.0 cm³/mol. The largest absolute Gasteiger partial charge is 0.762 e. The van der Waals surface area contributed by atoms with Gasteiger partial charge >= 0.3 is 0 Å². The zero-order valence-electron chi connectivity index (χ0n) is 10.8. The normalized spacial score (nSPS) is 33.9. The summed E-state index contributed by atoms with van der Waals surface area (Å²) in [5, 5.41) is 12.8. The first-order chi connectivity index (χ1) is 8.15. The molecule has 2 rings (SSSR count). The lowest BCUT2D eigenvalue weighted by Gasteiger charge is -2.41. The van der Waals surface area contributed by atoms with Gasteiger partial charge in [0.05, 0.1) is 6.10 Å². The first-order valence-electron chi connectivity index (χ1n) is 6.63. The number of allylic oxidation sites excluding steroid dienone is 2. The van der Waals surface area contributed by atoms with Gasteiger partial charge in [-0.25, -0.2) is 0 Å². The second kappa shape index (κ2) is 5.80. The molecule has 0 amide bonds. The van der Waals surface area contributed by atoms with Crippen molar-refractivity contribution in [1.82, 2.24) is 5.23 Å². The summed E-state index contributed by atoms with van der Waals surface area (Å²) >= 11 is 0. The van der Waals surface area contributed by atoms with E-state index in [0.717, 1.165) is 43.2 Å². The maximum absolute atomic E-state index is 11.9. The molecule has 2 aliphatic rings. The number of hydroxylamine groups is 2. The van der Waals surface area contributed by atoms with Gasteiger partial charge in [-0.15, -0.1) is 0 Å². The highest BCUT2D eigenvalue weighted by atomic mass is 16.9. The molecular formula is C14H22NO2-. The molecule has 96 valence electrons. The van der Waals surface area contributed by atoms with E-state index in [0.29, 0.717) is 0 Å². The van der Waals surface area contributed by atoms with E-state index in [1.807, 2.05) is 12.2 Å². The Hall–Kier alpha value is -0.640. The minimum absolute atomic E-state index is 0.0617. The lowest BCUT2D eigenvalue weighted by atomic mass is 9.88. The van der Waals surface area contributed by atoms with Crippen LogP contribution in [0.3, 0.4) is 0 Å². The molecule has 1 saturated carbocycles. The SMILES string of the molecule is CC1=CCC(ON([O-])C2CCC(C)CC2)C=C1. The molecule has 0 aliphatic heterocycles. The topological polar surface area (TPSA) is 35.5 Å². The Morgan fingerprint density at radius 1 is 1.29 bits per heavy atom. The Morgan fingerprint density at radius 2 is 2.00 bits per heavy atom. The van der Waals surface area contributed by atoms with Crippen LogP contribution < -0.4 is 0 Å². The third-order valence-electron chi connectivity index (χ3n) is 3.77. The van der Waals surface area contributed by atoms with Crippen molar-refractivity contribution in [2.45, 2.75) is 58.1 Å². The van der Waals surface area contributed by atoms with Crippen LogP contribution in [0, 0.1) is 11.1 Å². The fraction of sp³-hybridized carbons (Fsp3) is 0.714. The van der Waals surface area contributed by atoms with Crippen molar-refractivity contribution in [3.05, 3.63) is 29.0 Å². The van der Waals surface area contributed by atoms with Gasteiger partial charge in [0.1, 0.15) is 0 Å². The summed E-state index contributed by atoms with van der Waals surface area (Å²) in [5.41, 5.74) is 1.24. The summed E-state index contributed by atoms with van der Waals surface area (Å²) in [5.74, 6) is 0.764. The van der Waals surface area contributed by atoms with Crippen LogP contribution in [-0.4, -0.2) is 17.4 Å². The molecule has 0 radical (unpaired) electrons. The number of hydrogen-bond donors (Lipinski definition) is 0. The van der Waals surface area contributed by atoms with Crippen molar-refractivity contribution in [2.24, 2.45) is 5.92 Å². The summed E-state index contributed by atoms with van der Waals surface area (Å²) in [7, 11) is 0. The fourth-order valence-corrected chi connectivity index (χ4v) is 2.46. The molecule has 3 nitrogen and oxygen atoms in total. The van der Waals surface area contributed by atoms with E-state index in [1.54, 1.807) is 0 Å². The average molecular weight is 236 g/mol. The molecule has 1 atom stereocenters. The first kappa shape index (κ1) is 12.8. The molecule has 0 heterocycles. The standard InChI is InChI=1S/C14H22NO2/c1-11-3-7-13(8-4-11)15(16)17-14-9-5-12(2)6-10-14/h5-6,9,11,13-14H,3-4,7-8,10H2,1-2H3/q-1. The van der Waals surface area contributed by atoms with E-state index in [2.05, 4.69) is 19.9 Å². The van der Waals surface area contributed by atoms with Gasteiger partial charge < -0.3 is 10.0 Å². The van der Waals surface area contributed by atoms with Gasteiger partial charge in [0.15, 0.2) is 0 Å². The molecule has 1 fully saturated rings. The molecule has 0 aromatic rings. The van der Waals surface area contributed by atoms with Crippen LogP contribution >= 0.6 is 0 Å². The van der Waals surface area contributed by atoms with Gasteiger partial charge in [0.25, 0.3) is 0 Å². The van der Waals surface area contributed by atoms with Gasteiger partial charge in [-0.2, -0.15) is 0 Å². The van der Waals surface area contributed by atoms with Gasteiger partial charge in [-0.05, 0) is 44.9 Å². The zero-order chi connectivity index (χ0) is 12.3. The van der Waals surface area contributed by atoms with E-state index in [4.69, 9.17) is 4.84 Å². The van der Waals surface area contributed by atoms with E-state index in [9.17, 15) is 5.21 Å². The van der Waals surface area contributed by atoms with Gasteiger partial charge in [-0.3, -0.25) is 5.23 Å². The van der Waals surface area contributed by atoms with Crippen molar-refractivity contribution < 1.29 is 4.84 Å². The highest BCUT2D eigenvalue weighted by molar-refractivity contribution is 5.21. The second-order valence-corrected chi connectivity index (χ2v) is 5.39. The molecule has 17 heavy (non-hydrogen) atoms. The van der Waals surface area contributed by atoms with Crippen molar-refractivity contribution >= 4 is 0 Å². The Morgan fingerprint density at radius 3 is 2.59 bits per heavy atom. The number of hydrogen-bond acceptors (Lipinski definition) is 3. The highest BCUT2D eigenvalue weighted by Gasteiger charge is 2.21. The Labute approximate surface area is 104 Å². The van der Waals surface area contributed by atoms with Gasteiger partial charge in [0, 0.05) is 6.04 Å². The lowest BCUT2D eigenvalue weighted by Crippen LogP contribution is -2.36. The van der Waals surface area contributed by atoms with Crippen molar-refractivity contribution in [3.8, 4) is 0 Å². The van der Waals surface area contributed by atoms with Gasteiger partial charge in [0.2, 0.25) is 0 Å². The predicted octanol–water partition coefficient (Wildman–Crippen LogP) is 3.57. The van der Waals surface area contributed by atoms with Crippen LogP contribution in [0.5, 0.6) is 0 Å². The van der Waals surface area contributed by atoms with Crippen LogP contribution in [0.15, 0.2) is 23.8 Å². The molecule has 3 heteroatoms. The summed E-state index contributed by atoms with van der Waals surface area (Å²) in [6.45, 7) is 4.31. The first-order valence-corrected chi connectivity index (χ1v) is 6.63. The molecule has 0 aromatic heterocycles. The third-order valence-corrected chi connectivity index (χ3v) is 3.77.